The molecular formula is C16H18BrNO. The van der Waals surface area contributed by atoms with Crippen LogP contribution in [0, 0.1) is 0 Å². The van der Waals surface area contributed by atoms with Gasteiger partial charge >= 0.3 is 0 Å². The molecule has 2 nitrogen and oxygen atoms in total. The third-order valence-corrected chi connectivity index (χ3v) is 3.36. The number of halogens is 1. The van der Waals surface area contributed by atoms with E-state index < -0.39 is 0 Å². The molecule has 0 aromatic heterocycles. The molecule has 0 radical (unpaired) electrons. The highest BCUT2D eigenvalue weighted by molar-refractivity contribution is 9.10. The Morgan fingerprint density at radius 3 is 2.11 bits per heavy atom. The Labute approximate surface area is 122 Å². The van der Waals surface area contributed by atoms with Crippen LogP contribution >= 0.6 is 15.9 Å². The summed E-state index contributed by atoms with van der Waals surface area (Å²) in [6.07, 6.45) is 0. The summed E-state index contributed by atoms with van der Waals surface area (Å²) in [6.45, 7) is 4.65. The van der Waals surface area contributed by atoms with Crippen molar-refractivity contribution in [1.82, 2.24) is 5.32 Å². The van der Waals surface area contributed by atoms with E-state index in [4.69, 9.17) is 4.74 Å². The highest BCUT2D eigenvalue weighted by Crippen LogP contribution is 2.23. The minimum atomic E-state index is 0.700. The lowest BCUT2D eigenvalue weighted by atomic mass is 10.1. The first-order valence-corrected chi connectivity index (χ1v) is 7.28. The summed E-state index contributed by atoms with van der Waals surface area (Å²) >= 11 is 3.44. The third kappa shape index (κ3) is 4.37. The largest absolute Gasteiger partial charge is 0.492 e. The van der Waals surface area contributed by atoms with Crippen molar-refractivity contribution in [3.63, 3.8) is 0 Å². The monoisotopic (exact) mass is 319 g/mol. The van der Waals surface area contributed by atoms with Crippen LogP contribution in [0.3, 0.4) is 0 Å². The number of ether oxygens (including phenoxy) is 1. The molecule has 0 aliphatic carbocycles. The lowest BCUT2D eigenvalue weighted by Gasteiger charge is -2.07. The maximum absolute atomic E-state index is 5.65. The van der Waals surface area contributed by atoms with Crippen molar-refractivity contribution in [1.29, 1.82) is 0 Å². The fourth-order valence-electron chi connectivity index (χ4n) is 1.80. The molecule has 0 fully saturated rings. The molecule has 0 saturated heterocycles. The molecule has 19 heavy (non-hydrogen) atoms. The average molecular weight is 320 g/mol. The summed E-state index contributed by atoms with van der Waals surface area (Å²) < 4.78 is 6.74. The minimum Gasteiger partial charge on any atom is -0.492 e. The van der Waals surface area contributed by atoms with Crippen LogP contribution in [-0.2, 0) is 0 Å². The Morgan fingerprint density at radius 1 is 0.947 bits per heavy atom. The molecule has 0 saturated carbocycles. The summed E-state index contributed by atoms with van der Waals surface area (Å²) in [4.78, 5) is 0. The van der Waals surface area contributed by atoms with E-state index in [0.717, 1.165) is 23.3 Å². The molecule has 0 aliphatic rings. The Balaban J connectivity index is 1.96. The Kier molecular flexibility index (Phi) is 5.43. The molecule has 0 amide bonds. The van der Waals surface area contributed by atoms with E-state index in [2.05, 4.69) is 64.6 Å². The predicted octanol–water partition coefficient (Wildman–Crippen LogP) is 4.10. The van der Waals surface area contributed by atoms with Crippen molar-refractivity contribution < 1.29 is 4.74 Å². The lowest BCUT2D eigenvalue weighted by Crippen LogP contribution is -2.20. The van der Waals surface area contributed by atoms with Gasteiger partial charge in [0.05, 0.1) is 0 Å². The van der Waals surface area contributed by atoms with Crippen LogP contribution in [0.4, 0.5) is 0 Å². The van der Waals surface area contributed by atoms with Gasteiger partial charge in [0.15, 0.2) is 0 Å². The first-order chi connectivity index (χ1) is 9.29. The number of hydrogen-bond donors (Lipinski definition) is 1. The molecule has 0 aliphatic heterocycles. The standard InChI is InChI=1S/C16H18BrNO/c1-2-18-11-12-19-16-9-5-14(6-10-16)13-3-7-15(17)8-4-13/h3-10,18H,2,11-12H2,1H3. The molecule has 3 heteroatoms. The van der Waals surface area contributed by atoms with E-state index in [0.29, 0.717) is 6.61 Å². The van der Waals surface area contributed by atoms with Crippen molar-refractivity contribution in [2.24, 2.45) is 0 Å². The second kappa shape index (κ2) is 7.31. The van der Waals surface area contributed by atoms with Crippen molar-refractivity contribution >= 4 is 15.9 Å². The van der Waals surface area contributed by atoms with Gasteiger partial charge in [0.2, 0.25) is 0 Å². The summed E-state index contributed by atoms with van der Waals surface area (Å²) in [5, 5.41) is 3.23. The minimum absolute atomic E-state index is 0.700. The highest BCUT2D eigenvalue weighted by atomic mass is 79.9. The molecule has 0 heterocycles. The molecule has 0 spiro atoms. The molecule has 100 valence electrons. The third-order valence-electron chi connectivity index (χ3n) is 2.83. The Morgan fingerprint density at radius 2 is 1.53 bits per heavy atom. The average Bonchev–Trinajstić information content (AvgIpc) is 2.45. The second-order valence-corrected chi connectivity index (χ2v) is 5.15. The molecule has 0 bridgehead atoms. The maximum Gasteiger partial charge on any atom is 0.119 e. The zero-order valence-electron chi connectivity index (χ0n) is 11.0. The fourth-order valence-corrected chi connectivity index (χ4v) is 2.07. The van der Waals surface area contributed by atoms with Gasteiger partial charge in [-0.1, -0.05) is 47.1 Å². The van der Waals surface area contributed by atoms with E-state index in [1.165, 1.54) is 11.1 Å². The normalized spacial score (nSPS) is 10.4. The van der Waals surface area contributed by atoms with Crippen LogP contribution in [0.25, 0.3) is 11.1 Å². The second-order valence-electron chi connectivity index (χ2n) is 4.23. The van der Waals surface area contributed by atoms with Crippen LogP contribution in [-0.4, -0.2) is 19.7 Å². The number of nitrogens with one attached hydrogen (secondary N) is 1. The fraction of sp³-hybridized carbons (Fsp3) is 0.250. The van der Waals surface area contributed by atoms with Crippen LogP contribution in [0.5, 0.6) is 5.75 Å². The maximum atomic E-state index is 5.65. The summed E-state index contributed by atoms with van der Waals surface area (Å²) in [5.74, 6) is 0.916. The number of rotatable bonds is 6. The summed E-state index contributed by atoms with van der Waals surface area (Å²) in [7, 11) is 0. The van der Waals surface area contributed by atoms with E-state index in [1.54, 1.807) is 0 Å². The van der Waals surface area contributed by atoms with Crippen molar-refractivity contribution in [3.8, 4) is 16.9 Å². The molecule has 1 N–H and O–H groups in total. The van der Waals surface area contributed by atoms with Gasteiger partial charge in [0, 0.05) is 11.0 Å². The van der Waals surface area contributed by atoms with Gasteiger partial charge in [-0.05, 0) is 41.9 Å². The molecule has 0 unspecified atom stereocenters. The van der Waals surface area contributed by atoms with E-state index in [9.17, 15) is 0 Å². The van der Waals surface area contributed by atoms with Gasteiger partial charge in [-0.2, -0.15) is 0 Å². The van der Waals surface area contributed by atoms with E-state index in [1.807, 2.05) is 12.1 Å². The van der Waals surface area contributed by atoms with Gasteiger partial charge in [0.25, 0.3) is 0 Å². The smallest absolute Gasteiger partial charge is 0.119 e. The van der Waals surface area contributed by atoms with Crippen molar-refractivity contribution in [3.05, 3.63) is 53.0 Å². The van der Waals surface area contributed by atoms with Gasteiger partial charge in [-0.15, -0.1) is 0 Å². The Hall–Kier alpha value is -1.32. The zero-order valence-corrected chi connectivity index (χ0v) is 12.6. The number of hydrogen-bond acceptors (Lipinski definition) is 2. The van der Waals surface area contributed by atoms with Crippen molar-refractivity contribution in [2.45, 2.75) is 6.92 Å². The van der Waals surface area contributed by atoms with E-state index in [-0.39, 0.29) is 0 Å². The number of benzene rings is 2. The van der Waals surface area contributed by atoms with Crippen molar-refractivity contribution in [2.75, 3.05) is 19.7 Å². The van der Waals surface area contributed by atoms with Crippen LogP contribution in [0.2, 0.25) is 0 Å². The van der Waals surface area contributed by atoms with E-state index >= 15 is 0 Å². The summed E-state index contributed by atoms with van der Waals surface area (Å²) in [5.41, 5.74) is 2.41. The predicted molar refractivity (Wildman–Crippen MR) is 83.6 cm³/mol. The Bertz CT molecular complexity index is 493. The first-order valence-electron chi connectivity index (χ1n) is 6.49. The van der Waals surface area contributed by atoms with Crippen LogP contribution < -0.4 is 10.1 Å². The zero-order chi connectivity index (χ0) is 13.5. The quantitative estimate of drug-likeness (QED) is 0.809. The van der Waals surface area contributed by atoms with Gasteiger partial charge in [-0.25, -0.2) is 0 Å². The lowest BCUT2D eigenvalue weighted by molar-refractivity contribution is 0.315. The van der Waals surface area contributed by atoms with Crippen LogP contribution in [0.1, 0.15) is 6.92 Å². The topological polar surface area (TPSA) is 21.3 Å². The summed E-state index contributed by atoms with van der Waals surface area (Å²) in [6, 6.07) is 16.5. The van der Waals surface area contributed by atoms with Gasteiger partial charge < -0.3 is 10.1 Å². The number of likely N-dealkylation sites (N-methyl/N-ethyl adjacent to an activating group) is 1. The van der Waals surface area contributed by atoms with Gasteiger partial charge in [-0.3, -0.25) is 0 Å². The first kappa shape index (κ1) is 14.1. The molecular weight excluding hydrogens is 302 g/mol. The van der Waals surface area contributed by atoms with Crippen LogP contribution in [0.15, 0.2) is 53.0 Å². The molecule has 2 aromatic carbocycles. The molecule has 0 atom stereocenters. The highest BCUT2D eigenvalue weighted by Gasteiger charge is 1.98. The molecule has 2 aromatic rings. The molecule has 2 rings (SSSR count). The van der Waals surface area contributed by atoms with Gasteiger partial charge in [0.1, 0.15) is 12.4 Å². The SMILES string of the molecule is CCNCCOc1ccc(-c2ccc(Br)cc2)cc1.